The Morgan fingerprint density at radius 2 is 2.08 bits per heavy atom. The fraction of sp³-hybridized carbons (Fsp3) is 0.370. The van der Waals surface area contributed by atoms with Crippen molar-refractivity contribution in [2.45, 2.75) is 25.6 Å². The number of benzene rings is 1. The summed E-state index contributed by atoms with van der Waals surface area (Å²) >= 11 is 0. The molecule has 2 aliphatic carbocycles. The van der Waals surface area contributed by atoms with Crippen LogP contribution in [-0.4, -0.2) is 58.0 Å². The number of aliphatic hydroxyl groups is 1. The number of anilines is 1. The third kappa shape index (κ3) is 3.42. The van der Waals surface area contributed by atoms with Crippen LogP contribution in [0, 0.1) is 22.7 Å². The molecule has 1 saturated carbocycles. The summed E-state index contributed by atoms with van der Waals surface area (Å²) in [7, 11) is 0. The molecule has 0 bridgehead atoms. The van der Waals surface area contributed by atoms with Crippen LogP contribution < -0.4 is 5.32 Å². The average molecular weight is 511 g/mol. The summed E-state index contributed by atoms with van der Waals surface area (Å²) in [6.07, 6.45) is 0.172. The second-order valence-electron chi connectivity index (χ2n) is 10.4. The summed E-state index contributed by atoms with van der Waals surface area (Å²) in [6, 6.07) is 8.33. The van der Waals surface area contributed by atoms with E-state index in [2.05, 4.69) is 10.3 Å². The molecule has 192 valence electrons. The van der Waals surface area contributed by atoms with Crippen LogP contribution in [-0.2, 0) is 0 Å². The minimum absolute atomic E-state index is 0.00928. The number of aromatic nitrogens is 1. The lowest BCUT2D eigenvalue weighted by molar-refractivity contribution is -0.115. The molecular weight excluding hydrogens is 485 g/mol. The third-order valence-corrected chi connectivity index (χ3v) is 8.05. The first-order valence-electron chi connectivity index (χ1n) is 12.1. The van der Waals surface area contributed by atoms with E-state index >= 15 is 0 Å². The van der Waals surface area contributed by atoms with Crippen LogP contribution in [0.3, 0.4) is 0 Å². The molecule has 7 nitrogen and oxygen atoms in total. The summed E-state index contributed by atoms with van der Waals surface area (Å²) in [5.74, 6) is -0.505. The number of nitrogens with zero attached hydrogens (tertiary/aromatic N) is 2. The van der Waals surface area contributed by atoms with Crippen LogP contribution in [0.4, 0.5) is 18.9 Å². The summed E-state index contributed by atoms with van der Waals surface area (Å²) < 4.78 is 44.8. The Bertz CT molecular complexity index is 1490. The van der Waals surface area contributed by atoms with Gasteiger partial charge in [-0.2, -0.15) is 13.2 Å². The Balaban J connectivity index is 1.30. The molecule has 3 unspecified atom stereocenters. The van der Waals surface area contributed by atoms with Gasteiger partial charge >= 0.3 is 6.18 Å². The standard InChI is InChI=1S/C27H25F3N4O3/c1-14(2)27(36)21-8-25(21)13-34(10-22(25)27)24(35)19-7-18(33-12-26(28,29)30)16(9-32-19)23(31)17-11-37-20-6-4-3-5-15(17)20/h3-9,11,14,22,31,36H,10,12-13H2,1-2H3,(H,32,33). The van der Waals surface area contributed by atoms with Gasteiger partial charge in [0.15, 0.2) is 0 Å². The molecule has 3 aliphatic rings. The first-order valence-corrected chi connectivity index (χ1v) is 12.1. The number of hydrogen-bond donors (Lipinski definition) is 3. The molecule has 10 heteroatoms. The van der Waals surface area contributed by atoms with Gasteiger partial charge in [0, 0.05) is 52.8 Å². The van der Waals surface area contributed by atoms with E-state index in [1.807, 2.05) is 19.9 Å². The van der Waals surface area contributed by atoms with E-state index in [0.29, 0.717) is 29.6 Å². The van der Waals surface area contributed by atoms with Gasteiger partial charge in [-0.3, -0.25) is 15.2 Å². The van der Waals surface area contributed by atoms with Gasteiger partial charge in [0.25, 0.3) is 5.91 Å². The number of alkyl halides is 3. The molecule has 1 spiro atoms. The Hall–Kier alpha value is -3.66. The quantitative estimate of drug-likeness (QED) is 0.332. The Morgan fingerprint density at radius 3 is 2.81 bits per heavy atom. The molecule has 3 N–H and O–H groups in total. The zero-order valence-electron chi connectivity index (χ0n) is 20.2. The minimum atomic E-state index is -4.50. The predicted octanol–water partition coefficient (Wildman–Crippen LogP) is 4.62. The van der Waals surface area contributed by atoms with Crippen LogP contribution in [0.5, 0.6) is 0 Å². The number of furan rings is 1. The molecule has 1 saturated heterocycles. The molecule has 6 rings (SSSR count). The van der Waals surface area contributed by atoms with Crippen molar-refractivity contribution in [2.24, 2.45) is 17.3 Å². The summed E-state index contributed by atoms with van der Waals surface area (Å²) in [5.41, 5.74) is 0.755. The maximum Gasteiger partial charge on any atom is 0.405 e. The zero-order chi connectivity index (χ0) is 26.3. The maximum atomic E-state index is 13.4. The minimum Gasteiger partial charge on any atom is -0.464 e. The number of likely N-dealkylation sites (tertiary alicyclic amines) is 1. The highest BCUT2D eigenvalue weighted by atomic mass is 19.4. The second-order valence-corrected chi connectivity index (χ2v) is 10.4. The summed E-state index contributed by atoms with van der Waals surface area (Å²) in [5, 5.41) is 22.8. The van der Waals surface area contributed by atoms with E-state index in [4.69, 9.17) is 9.83 Å². The van der Waals surface area contributed by atoms with Crippen LogP contribution in [0.25, 0.3) is 11.0 Å². The first kappa shape index (κ1) is 23.7. The monoisotopic (exact) mass is 510 g/mol. The largest absolute Gasteiger partial charge is 0.464 e. The van der Waals surface area contributed by atoms with Gasteiger partial charge in [0.1, 0.15) is 24.1 Å². The van der Waals surface area contributed by atoms with Crippen molar-refractivity contribution in [1.29, 1.82) is 5.41 Å². The van der Waals surface area contributed by atoms with Crippen molar-refractivity contribution in [3.05, 3.63) is 71.3 Å². The lowest BCUT2D eigenvalue weighted by Gasteiger charge is -2.49. The van der Waals surface area contributed by atoms with Crippen molar-refractivity contribution < 1.29 is 27.5 Å². The molecule has 0 radical (unpaired) electrons. The van der Waals surface area contributed by atoms with Crippen molar-refractivity contribution in [3.63, 3.8) is 0 Å². The maximum absolute atomic E-state index is 13.4. The molecule has 37 heavy (non-hydrogen) atoms. The number of pyridine rings is 1. The Kier molecular flexibility index (Phi) is 4.92. The van der Waals surface area contributed by atoms with Crippen molar-refractivity contribution in [2.75, 3.05) is 25.0 Å². The summed E-state index contributed by atoms with van der Waals surface area (Å²) in [6.45, 7) is 3.33. The van der Waals surface area contributed by atoms with Gasteiger partial charge in [-0.25, -0.2) is 0 Å². The number of carbonyl (C=O) groups is 1. The molecule has 2 aromatic heterocycles. The molecule has 3 atom stereocenters. The van der Waals surface area contributed by atoms with Gasteiger partial charge in [-0.05, 0) is 23.6 Å². The number of rotatable bonds is 6. The van der Waals surface area contributed by atoms with Gasteiger partial charge < -0.3 is 19.7 Å². The number of nitrogens with one attached hydrogen (secondary N) is 2. The number of amides is 1. The van der Waals surface area contributed by atoms with Crippen molar-refractivity contribution >= 4 is 28.3 Å². The van der Waals surface area contributed by atoms with Crippen LogP contribution in [0.15, 0.2) is 58.9 Å². The van der Waals surface area contributed by atoms with Gasteiger partial charge in [0.05, 0.1) is 11.3 Å². The molecule has 1 aliphatic heterocycles. The zero-order valence-corrected chi connectivity index (χ0v) is 20.2. The lowest BCUT2D eigenvalue weighted by atomic mass is 9.57. The fourth-order valence-corrected chi connectivity index (χ4v) is 6.10. The number of hydrogen-bond acceptors (Lipinski definition) is 6. The van der Waals surface area contributed by atoms with E-state index in [0.717, 1.165) is 5.57 Å². The van der Waals surface area contributed by atoms with Gasteiger partial charge in [-0.1, -0.05) is 38.1 Å². The topological polar surface area (TPSA) is 102 Å². The molecule has 1 aromatic carbocycles. The average Bonchev–Trinajstić information content (AvgIpc) is 3.16. The van der Waals surface area contributed by atoms with Crippen molar-refractivity contribution in [1.82, 2.24) is 9.88 Å². The molecule has 2 fully saturated rings. The fourth-order valence-electron chi connectivity index (χ4n) is 6.10. The second kappa shape index (κ2) is 7.67. The van der Waals surface area contributed by atoms with Crippen LogP contribution in [0.1, 0.15) is 35.5 Å². The van der Waals surface area contributed by atoms with Crippen LogP contribution in [0.2, 0.25) is 0 Å². The molecular formula is C27H25F3N4O3. The van der Waals surface area contributed by atoms with Gasteiger partial charge in [0.2, 0.25) is 0 Å². The van der Waals surface area contributed by atoms with E-state index in [9.17, 15) is 23.1 Å². The van der Waals surface area contributed by atoms with Crippen LogP contribution >= 0.6 is 0 Å². The number of halogens is 3. The SMILES string of the molecule is CC(C)C1(O)C2=CC23CN(C(=O)c2cc(NCC(F)(F)F)c(C(=N)c4coc5ccccc45)cn2)CC31. The molecule has 3 heterocycles. The van der Waals surface area contributed by atoms with E-state index < -0.39 is 24.2 Å². The predicted molar refractivity (Wildman–Crippen MR) is 131 cm³/mol. The highest BCUT2D eigenvalue weighted by Crippen LogP contribution is 2.74. The number of fused-ring (bicyclic) bond motifs is 1. The van der Waals surface area contributed by atoms with Gasteiger partial charge in [-0.15, -0.1) is 0 Å². The van der Waals surface area contributed by atoms with E-state index in [1.165, 1.54) is 18.5 Å². The Morgan fingerprint density at radius 1 is 1.32 bits per heavy atom. The summed E-state index contributed by atoms with van der Waals surface area (Å²) in [4.78, 5) is 19.2. The Labute approximate surface area is 210 Å². The molecule has 1 amide bonds. The number of carbonyl (C=O) groups excluding carboxylic acids is 1. The highest BCUT2D eigenvalue weighted by molar-refractivity contribution is 6.19. The van der Waals surface area contributed by atoms with Crippen molar-refractivity contribution in [3.8, 4) is 0 Å². The van der Waals surface area contributed by atoms with E-state index in [1.54, 1.807) is 29.2 Å². The number of para-hydroxylation sites is 1. The molecule has 3 aromatic rings. The van der Waals surface area contributed by atoms with E-state index in [-0.39, 0.29) is 39.9 Å². The first-order chi connectivity index (χ1) is 17.5. The lowest BCUT2D eigenvalue weighted by Crippen LogP contribution is -2.57. The third-order valence-electron chi connectivity index (χ3n) is 8.05. The normalized spacial score (nSPS) is 26.0. The highest BCUT2D eigenvalue weighted by Gasteiger charge is 2.77. The smallest absolute Gasteiger partial charge is 0.405 e.